The number of carboxylic acid groups (broad SMARTS) is 1. The molecule has 210 valence electrons. The zero-order chi connectivity index (χ0) is 29.2. The maximum Gasteiger partial charge on any atom is 0.490 e. The maximum absolute atomic E-state index is 14.7. The van der Waals surface area contributed by atoms with Gasteiger partial charge < -0.3 is 14.6 Å². The number of alkyl halides is 3. The maximum atomic E-state index is 14.7. The van der Waals surface area contributed by atoms with Crippen molar-refractivity contribution >= 4 is 23.2 Å². The van der Waals surface area contributed by atoms with Gasteiger partial charge in [-0.05, 0) is 48.6 Å². The summed E-state index contributed by atoms with van der Waals surface area (Å²) >= 11 is 1.59. The highest BCUT2D eigenvalue weighted by atomic mass is 32.1. The SMILES string of the molecule is Cc1c(Cc2ccc(F)c(C(=O)N3CCn4c(nnc4-c4cccs4)C3)c2)n[nH]c(=O)c1C.O=C(O)C(F)(F)F. The van der Waals surface area contributed by atoms with Crippen LogP contribution in [0.5, 0.6) is 0 Å². The Labute approximate surface area is 227 Å². The molecule has 0 unspecified atom stereocenters. The summed E-state index contributed by atoms with van der Waals surface area (Å²) in [5.41, 5.74) is 2.58. The molecule has 0 bridgehead atoms. The van der Waals surface area contributed by atoms with Crippen molar-refractivity contribution in [2.75, 3.05) is 6.54 Å². The van der Waals surface area contributed by atoms with Crippen LogP contribution < -0.4 is 5.56 Å². The van der Waals surface area contributed by atoms with Crippen molar-refractivity contribution in [3.8, 4) is 10.7 Å². The first-order valence-electron chi connectivity index (χ1n) is 11.7. The van der Waals surface area contributed by atoms with E-state index >= 15 is 0 Å². The van der Waals surface area contributed by atoms with Crippen LogP contribution in [0.3, 0.4) is 0 Å². The minimum Gasteiger partial charge on any atom is -0.475 e. The number of rotatable bonds is 4. The van der Waals surface area contributed by atoms with E-state index in [1.807, 2.05) is 29.0 Å². The molecule has 1 amide bonds. The Hall–Kier alpha value is -4.40. The van der Waals surface area contributed by atoms with Crippen LogP contribution in [0.1, 0.15) is 38.6 Å². The lowest BCUT2D eigenvalue weighted by Gasteiger charge is -2.28. The molecule has 0 fully saturated rings. The Kier molecular flexibility index (Phi) is 8.13. The summed E-state index contributed by atoms with van der Waals surface area (Å²) in [5.74, 6) is -2.24. The summed E-state index contributed by atoms with van der Waals surface area (Å²) in [6.45, 7) is 4.81. The second-order valence-electron chi connectivity index (χ2n) is 8.84. The van der Waals surface area contributed by atoms with Gasteiger partial charge in [0.2, 0.25) is 0 Å². The molecule has 2 N–H and O–H groups in total. The number of aromatic amines is 1. The summed E-state index contributed by atoms with van der Waals surface area (Å²) in [6, 6.07) is 8.45. The number of nitrogens with zero attached hydrogens (tertiary/aromatic N) is 5. The molecule has 4 heterocycles. The number of aliphatic carboxylic acids is 1. The fraction of sp³-hybridized carbons (Fsp3) is 0.280. The molecule has 15 heteroatoms. The smallest absolute Gasteiger partial charge is 0.475 e. The number of carbonyl (C=O) groups is 2. The van der Waals surface area contributed by atoms with Crippen LogP contribution in [0, 0.1) is 19.7 Å². The van der Waals surface area contributed by atoms with Gasteiger partial charge in [0.25, 0.3) is 11.5 Å². The monoisotopic (exact) mass is 578 g/mol. The Morgan fingerprint density at radius 1 is 1.12 bits per heavy atom. The Bertz CT molecular complexity index is 1610. The Morgan fingerprint density at radius 2 is 1.85 bits per heavy atom. The molecule has 0 spiro atoms. The van der Waals surface area contributed by atoms with Gasteiger partial charge in [0.05, 0.1) is 22.7 Å². The van der Waals surface area contributed by atoms with Crippen LogP contribution in [0.25, 0.3) is 10.7 Å². The number of aromatic nitrogens is 5. The lowest BCUT2D eigenvalue weighted by atomic mass is 10.0. The number of carbonyl (C=O) groups excluding carboxylic acids is 1. The fourth-order valence-electron chi connectivity index (χ4n) is 3.97. The molecule has 1 aromatic carbocycles. The average molecular weight is 579 g/mol. The number of H-pyrrole nitrogens is 1. The molecule has 1 aliphatic heterocycles. The van der Waals surface area contributed by atoms with Gasteiger partial charge in [-0.2, -0.15) is 18.3 Å². The number of fused-ring (bicyclic) bond motifs is 1. The van der Waals surface area contributed by atoms with Gasteiger partial charge in [0.1, 0.15) is 5.82 Å². The van der Waals surface area contributed by atoms with Gasteiger partial charge in [0, 0.05) is 25.1 Å². The second kappa shape index (κ2) is 11.4. The van der Waals surface area contributed by atoms with Crippen LogP contribution in [-0.2, 0) is 24.3 Å². The summed E-state index contributed by atoms with van der Waals surface area (Å²) in [5, 5.41) is 24.3. The van der Waals surface area contributed by atoms with Crippen molar-refractivity contribution in [3.05, 3.63) is 85.7 Å². The Balaban J connectivity index is 0.000000470. The summed E-state index contributed by atoms with van der Waals surface area (Å²) < 4.78 is 48.4. The minimum absolute atomic E-state index is 0.0118. The zero-order valence-electron chi connectivity index (χ0n) is 21.1. The first-order valence-corrected chi connectivity index (χ1v) is 12.6. The molecule has 5 rings (SSSR count). The van der Waals surface area contributed by atoms with Crippen molar-refractivity contribution in [1.82, 2.24) is 29.9 Å². The molecular weight excluding hydrogens is 556 g/mol. The summed E-state index contributed by atoms with van der Waals surface area (Å²) in [7, 11) is 0. The molecule has 0 atom stereocenters. The number of benzene rings is 1. The van der Waals surface area contributed by atoms with Crippen molar-refractivity contribution in [3.63, 3.8) is 0 Å². The van der Waals surface area contributed by atoms with E-state index in [4.69, 9.17) is 9.90 Å². The average Bonchev–Trinajstić information content (AvgIpc) is 3.59. The quantitative estimate of drug-likeness (QED) is 0.353. The number of hydrogen-bond donors (Lipinski definition) is 2. The molecule has 40 heavy (non-hydrogen) atoms. The summed E-state index contributed by atoms with van der Waals surface area (Å²) in [4.78, 5) is 36.5. The van der Waals surface area contributed by atoms with E-state index in [2.05, 4.69) is 20.4 Å². The minimum atomic E-state index is -5.08. The predicted molar refractivity (Wildman–Crippen MR) is 135 cm³/mol. The third-order valence-electron chi connectivity index (χ3n) is 6.29. The molecule has 0 saturated heterocycles. The normalized spacial score (nSPS) is 12.9. The molecular formula is C25H22F4N6O4S. The van der Waals surface area contributed by atoms with E-state index in [-0.39, 0.29) is 23.6 Å². The van der Waals surface area contributed by atoms with Crippen LogP contribution >= 0.6 is 11.3 Å². The molecule has 0 radical (unpaired) electrons. The van der Waals surface area contributed by atoms with Crippen molar-refractivity contribution in [2.24, 2.45) is 0 Å². The number of thiophene rings is 1. The van der Waals surface area contributed by atoms with E-state index in [0.717, 1.165) is 21.8 Å². The molecule has 4 aromatic rings. The highest BCUT2D eigenvalue weighted by molar-refractivity contribution is 7.13. The number of halogens is 4. The molecule has 3 aromatic heterocycles. The lowest BCUT2D eigenvalue weighted by Crippen LogP contribution is -2.39. The van der Waals surface area contributed by atoms with Crippen LogP contribution in [0.2, 0.25) is 0 Å². The van der Waals surface area contributed by atoms with Crippen LogP contribution in [0.4, 0.5) is 17.6 Å². The van der Waals surface area contributed by atoms with E-state index in [1.165, 1.54) is 6.07 Å². The van der Waals surface area contributed by atoms with Gasteiger partial charge in [-0.1, -0.05) is 12.1 Å². The highest BCUT2D eigenvalue weighted by Gasteiger charge is 2.38. The third-order valence-corrected chi connectivity index (χ3v) is 7.15. The molecule has 10 nitrogen and oxygen atoms in total. The van der Waals surface area contributed by atoms with Crippen molar-refractivity contribution in [1.29, 1.82) is 0 Å². The zero-order valence-corrected chi connectivity index (χ0v) is 21.9. The van der Waals surface area contributed by atoms with Crippen LogP contribution in [0.15, 0.2) is 40.5 Å². The predicted octanol–water partition coefficient (Wildman–Crippen LogP) is 3.73. The highest BCUT2D eigenvalue weighted by Crippen LogP contribution is 2.26. The first kappa shape index (κ1) is 28.6. The fourth-order valence-corrected chi connectivity index (χ4v) is 4.69. The summed E-state index contributed by atoms with van der Waals surface area (Å²) in [6.07, 6.45) is -4.71. The topological polar surface area (TPSA) is 134 Å². The van der Waals surface area contributed by atoms with Gasteiger partial charge in [-0.25, -0.2) is 14.3 Å². The van der Waals surface area contributed by atoms with Gasteiger partial charge >= 0.3 is 12.1 Å². The van der Waals surface area contributed by atoms with Gasteiger partial charge in [0.15, 0.2) is 11.6 Å². The second-order valence-corrected chi connectivity index (χ2v) is 9.79. The lowest BCUT2D eigenvalue weighted by molar-refractivity contribution is -0.192. The number of nitrogens with one attached hydrogen (secondary N) is 1. The molecule has 0 saturated carbocycles. The number of hydrogen-bond acceptors (Lipinski definition) is 7. The molecule has 1 aliphatic rings. The number of amides is 1. The Morgan fingerprint density at radius 3 is 2.50 bits per heavy atom. The largest absolute Gasteiger partial charge is 0.490 e. The van der Waals surface area contributed by atoms with Crippen molar-refractivity contribution < 1.29 is 32.3 Å². The van der Waals surface area contributed by atoms with E-state index < -0.39 is 18.0 Å². The van der Waals surface area contributed by atoms with Crippen LogP contribution in [-0.4, -0.2) is 59.6 Å². The number of carboxylic acids is 1. The van der Waals surface area contributed by atoms with E-state index in [1.54, 1.807) is 35.3 Å². The van der Waals surface area contributed by atoms with Gasteiger partial charge in [-0.15, -0.1) is 21.5 Å². The molecule has 0 aliphatic carbocycles. The standard InChI is InChI=1S/C23H21FN6O2S.C2HF3O2/c1-13-14(2)22(31)28-25-18(13)11-15-5-6-17(24)16(10-15)23(32)29-7-8-30-20(12-29)26-27-21(30)19-4-3-9-33-19;3-2(4,5)1(6)7/h3-6,9-10H,7-8,11-12H2,1-2H3,(H,28,31);(H,6,7). The third kappa shape index (κ3) is 6.09. The van der Waals surface area contributed by atoms with E-state index in [9.17, 15) is 27.2 Å². The van der Waals surface area contributed by atoms with Gasteiger partial charge in [-0.3, -0.25) is 9.59 Å². The van der Waals surface area contributed by atoms with E-state index in [0.29, 0.717) is 36.6 Å². The first-order chi connectivity index (χ1) is 18.9. The van der Waals surface area contributed by atoms with Crippen molar-refractivity contribution in [2.45, 2.75) is 39.5 Å².